The highest BCUT2D eigenvalue weighted by molar-refractivity contribution is 5.52. The van der Waals surface area contributed by atoms with Gasteiger partial charge in [0, 0.05) is 24.9 Å². The molecule has 0 bridgehead atoms. The highest BCUT2D eigenvalue weighted by Gasteiger charge is 2.29. The van der Waals surface area contributed by atoms with Crippen molar-refractivity contribution in [2.75, 3.05) is 0 Å². The molecule has 11 heavy (non-hydrogen) atoms. The van der Waals surface area contributed by atoms with Crippen molar-refractivity contribution in [1.29, 1.82) is 0 Å². The van der Waals surface area contributed by atoms with Crippen LogP contribution in [-0.2, 0) is 13.5 Å². The Hall–Kier alpha value is -0.720. The van der Waals surface area contributed by atoms with E-state index in [0.717, 1.165) is 0 Å². The topological polar surface area (TPSA) is 4.93 Å². The first-order valence-corrected chi connectivity index (χ1v) is 4.29. The molecule has 1 aromatic rings. The fourth-order valence-electron chi connectivity index (χ4n) is 2.06. The average molecular weight is 149 g/mol. The second-order valence-corrected chi connectivity index (χ2v) is 3.81. The highest BCUT2D eigenvalue weighted by atomic mass is 15.0. The molecule has 0 aliphatic heterocycles. The predicted molar refractivity (Wildman–Crippen MR) is 47.0 cm³/mol. The van der Waals surface area contributed by atoms with E-state index >= 15 is 0 Å². The van der Waals surface area contributed by atoms with E-state index in [9.17, 15) is 0 Å². The molecule has 0 saturated heterocycles. The highest BCUT2D eigenvalue weighted by Crippen LogP contribution is 2.39. The molecule has 1 aliphatic carbocycles. The number of hydrogen-bond acceptors (Lipinski definition) is 0. The lowest BCUT2D eigenvalue weighted by Crippen LogP contribution is -1.98. The van der Waals surface area contributed by atoms with Crippen LogP contribution in [0.15, 0.2) is 0 Å². The molecule has 1 aliphatic rings. The molecule has 0 radical (unpaired) electrons. The Balaban J connectivity index is 2.57. The van der Waals surface area contributed by atoms with Crippen molar-refractivity contribution in [3.63, 3.8) is 0 Å². The van der Waals surface area contributed by atoms with Crippen LogP contribution in [0.4, 0.5) is 0 Å². The number of hydrogen-bond donors (Lipinski definition) is 0. The van der Waals surface area contributed by atoms with Gasteiger partial charge in [0.1, 0.15) is 0 Å². The standard InChI is InChI=1S/C10H15N/c1-6(2)10-7(3)11(4)9-5-8(9)10/h6H,5H2,1-4H3. The second kappa shape index (κ2) is 1.90. The number of rotatable bonds is 1. The molecule has 0 N–H and O–H groups in total. The summed E-state index contributed by atoms with van der Waals surface area (Å²) in [5.41, 5.74) is 6.25. The van der Waals surface area contributed by atoms with Crippen LogP contribution in [-0.4, -0.2) is 4.57 Å². The molecular weight excluding hydrogens is 134 g/mol. The molecule has 1 nitrogen and oxygen atoms in total. The molecule has 1 heteroatoms. The minimum absolute atomic E-state index is 0.701. The Bertz CT molecular complexity index is 305. The molecule has 0 fully saturated rings. The van der Waals surface area contributed by atoms with Gasteiger partial charge in [0.05, 0.1) is 0 Å². The van der Waals surface area contributed by atoms with Crippen molar-refractivity contribution >= 4 is 0 Å². The van der Waals surface area contributed by atoms with Crippen molar-refractivity contribution < 1.29 is 0 Å². The van der Waals surface area contributed by atoms with Crippen molar-refractivity contribution in [2.24, 2.45) is 7.05 Å². The van der Waals surface area contributed by atoms with E-state index in [1.807, 2.05) is 0 Å². The maximum atomic E-state index is 2.34. The van der Waals surface area contributed by atoms with Gasteiger partial charge in [-0.15, -0.1) is 0 Å². The summed E-state index contributed by atoms with van der Waals surface area (Å²) in [6, 6.07) is 0. The van der Waals surface area contributed by atoms with E-state index in [-0.39, 0.29) is 0 Å². The lowest BCUT2D eigenvalue weighted by atomic mass is 10.0. The summed E-state index contributed by atoms with van der Waals surface area (Å²) in [5, 5.41) is 0. The lowest BCUT2D eigenvalue weighted by molar-refractivity contribution is 0.792. The van der Waals surface area contributed by atoms with Crippen molar-refractivity contribution in [3.05, 3.63) is 22.5 Å². The Labute approximate surface area is 68.0 Å². The first-order chi connectivity index (χ1) is 5.13. The lowest BCUT2D eigenvalue weighted by Gasteiger charge is -2.07. The van der Waals surface area contributed by atoms with Gasteiger partial charge >= 0.3 is 0 Å². The van der Waals surface area contributed by atoms with Gasteiger partial charge in [0.25, 0.3) is 0 Å². The van der Waals surface area contributed by atoms with Crippen LogP contribution in [0.5, 0.6) is 0 Å². The Morgan fingerprint density at radius 1 is 1.36 bits per heavy atom. The molecular formula is C10H15N. The van der Waals surface area contributed by atoms with Gasteiger partial charge in [-0.2, -0.15) is 0 Å². The Kier molecular flexibility index (Phi) is 1.20. The smallest absolute Gasteiger partial charge is 0.0258 e. The maximum Gasteiger partial charge on any atom is 0.0258 e. The molecule has 0 spiro atoms. The van der Waals surface area contributed by atoms with Gasteiger partial charge in [-0.3, -0.25) is 0 Å². The van der Waals surface area contributed by atoms with E-state index in [2.05, 4.69) is 32.4 Å². The third kappa shape index (κ3) is 0.770. The summed E-state index contributed by atoms with van der Waals surface area (Å²) in [6.07, 6.45) is 1.25. The summed E-state index contributed by atoms with van der Waals surface area (Å²) < 4.78 is 2.34. The van der Waals surface area contributed by atoms with Gasteiger partial charge in [0.2, 0.25) is 0 Å². The van der Waals surface area contributed by atoms with Crippen LogP contribution in [0.2, 0.25) is 0 Å². The van der Waals surface area contributed by atoms with Gasteiger partial charge in [0.15, 0.2) is 0 Å². The Morgan fingerprint density at radius 3 is 2.27 bits per heavy atom. The zero-order valence-electron chi connectivity index (χ0n) is 7.73. The summed E-state index contributed by atoms with van der Waals surface area (Å²) in [5.74, 6) is 0.701. The molecule has 2 rings (SSSR count). The third-order valence-electron chi connectivity index (χ3n) is 2.77. The minimum Gasteiger partial charge on any atom is -0.351 e. The fraction of sp³-hybridized carbons (Fsp3) is 0.600. The van der Waals surface area contributed by atoms with Gasteiger partial charge in [-0.25, -0.2) is 0 Å². The normalized spacial score (nSPS) is 13.9. The fourth-order valence-corrected chi connectivity index (χ4v) is 2.06. The predicted octanol–water partition coefficient (Wildman–Crippen LogP) is 2.36. The van der Waals surface area contributed by atoms with Gasteiger partial charge in [-0.1, -0.05) is 13.8 Å². The minimum atomic E-state index is 0.701. The zero-order chi connectivity index (χ0) is 8.17. The second-order valence-electron chi connectivity index (χ2n) is 3.81. The monoisotopic (exact) mass is 149 g/mol. The van der Waals surface area contributed by atoms with Crippen molar-refractivity contribution in [3.8, 4) is 0 Å². The molecule has 60 valence electrons. The van der Waals surface area contributed by atoms with Crippen LogP contribution in [0, 0.1) is 6.92 Å². The molecule has 0 amide bonds. The molecule has 0 atom stereocenters. The summed E-state index contributed by atoms with van der Waals surface area (Å²) in [6.45, 7) is 6.78. The van der Waals surface area contributed by atoms with Crippen LogP contribution >= 0.6 is 0 Å². The summed E-state index contributed by atoms with van der Waals surface area (Å²) in [7, 11) is 2.17. The van der Waals surface area contributed by atoms with Crippen LogP contribution < -0.4 is 0 Å². The molecule has 0 unspecified atom stereocenters. The Morgan fingerprint density at radius 2 is 2.00 bits per heavy atom. The average Bonchev–Trinajstić information content (AvgIpc) is 2.61. The molecule has 1 aromatic heterocycles. The zero-order valence-corrected chi connectivity index (χ0v) is 7.73. The van der Waals surface area contributed by atoms with Crippen LogP contribution in [0.1, 0.15) is 42.3 Å². The van der Waals surface area contributed by atoms with Crippen LogP contribution in [0.25, 0.3) is 0 Å². The number of nitrogens with zero attached hydrogens (tertiary/aromatic N) is 1. The largest absolute Gasteiger partial charge is 0.351 e. The van der Waals surface area contributed by atoms with E-state index in [0.29, 0.717) is 5.92 Å². The SMILES string of the molecule is Cc1c(C(C)C)c2c(n1C)C2. The molecule has 0 saturated carbocycles. The third-order valence-corrected chi connectivity index (χ3v) is 2.77. The summed E-state index contributed by atoms with van der Waals surface area (Å²) >= 11 is 0. The maximum absolute atomic E-state index is 2.34. The van der Waals surface area contributed by atoms with Gasteiger partial charge in [-0.05, 0) is 24.0 Å². The molecule has 1 heterocycles. The number of aromatic nitrogens is 1. The number of fused-ring (bicyclic) bond motifs is 1. The quantitative estimate of drug-likeness (QED) is 0.586. The first-order valence-electron chi connectivity index (χ1n) is 4.29. The van der Waals surface area contributed by atoms with E-state index in [1.54, 1.807) is 16.8 Å². The summed E-state index contributed by atoms with van der Waals surface area (Å²) in [4.78, 5) is 0. The van der Waals surface area contributed by atoms with Crippen molar-refractivity contribution in [1.82, 2.24) is 4.57 Å². The van der Waals surface area contributed by atoms with Crippen molar-refractivity contribution in [2.45, 2.75) is 33.1 Å². The van der Waals surface area contributed by atoms with E-state index < -0.39 is 0 Å². The van der Waals surface area contributed by atoms with E-state index in [1.165, 1.54) is 12.1 Å². The van der Waals surface area contributed by atoms with Crippen LogP contribution in [0.3, 0.4) is 0 Å². The van der Waals surface area contributed by atoms with Gasteiger partial charge < -0.3 is 4.57 Å². The first kappa shape index (κ1) is 6.96. The molecule has 0 aromatic carbocycles. The van der Waals surface area contributed by atoms with E-state index in [4.69, 9.17) is 0 Å².